The molecule has 196 valence electrons. The highest BCUT2D eigenvalue weighted by molar-refractivity contribution is 5.92. The summed E-state index contributed by atoms with van der Waals surface area (Å²) in [5, 5.41) is 10.3. The van der Waals surface area contributed by atoms with Gasteiger partial charge in [0.25, 0.3) is 5.91 Å². The van der Waals surface area contributed by atoms with Gasteiger partial charge in [-0.3, -0.25) is 4.79 Å². The van der Waals surface area contributed by atoms with Gasteiger partial charge in [0.1, 0.15) is 17.3 Å². The van der Waals surface area contributed by atoms with Gasteiger partial charge in [0.05, 0.1) is 20.3 Å². The molecule has 0 unspecified atom stereocenters. The maximum absolute atomic E-state index is 14.4. The van der Waals surface area contributed by atoms with E-state index in [-0.39, 0.29) is 17.5 Å². The van der Waals surface area contributed by atoms with E-state index in [0.717, 1.165) is 46.9 Å². The van der Waals surface area contributed by atoms with Crippen molar-refractivity contribution in [1.29, 1.82) is 0 Å². The molecule has 8 nitrogen and oxygen atoms in total. The molecule has 1 amide bonds. The van der Waals surface area contributed by atoms with Crippen LogP contribution in [0.15, 0.2) is 71.3 Å². The molecule has 1 aliphatic rings. The number of halogens is 1. The van der Waals surface area contributed by atoms with E-state index in [1.165, 1.54) is 12.1 Å². The highest BCUT2D eigenvalue weighted by Gasteiger charge is 2.17. The van der Waals surface area contributed by atoms with Crippen LogP contribution in [0, 0.1) is 12.7 Å². The Hall–Kier alpha value is -4.37. The molecule has 0 spiro atoms. The Balaban J connectivity index is 1.30. The summed E-state index contributed by atoms with van der Waals surface area (Å²) in [6, 6.07) is 19.8. The lowest BCUT2D eigenvalue weighted by Gasteiger charge is -2.29. The fourth-order valence-electron chi connectivity index (χ4n) is 4.35. The van der Waals surface area contributed by atoms with Crippen molar-refractivity contribution in [2.75, 3.05) is 43.6 Å². The maximum Gasteiger partial charge on any atom is 0.290 e. The van der Waals surface area contributed by atoms with Gasteiger partial charge in [0.2, 0.25) is 5.76 Å². The van der Waals surface area contributed by atoms with Crippen molar-refractivity contribution in [2.24, 2.45) is 0 Å². The van der Waals surface area contributed by atoms with E-state index in [1.807, 2.05) is 55.5 Å². The molecule has 5 rings (SSSR count). The predicted molar refractivity (Wildman–Crippen MR) is 144 cm³/mol. The van der Waals surface area contributed by atoms with E-state index in [0.29, 0.717) is 31.1 Å². The van der Waals surface area contributed by atoms with Crippen LogP contribution in [0.2, 0.25) is 0 Å². The Bertz CT molecular complexity index is 1430. The lowest BCUT2D eigenvalue weighted by Crippen LogP contribution is -2.36. The number of nitrogens with zero attached hydrogens (tertiary/aromatic N) is 2. The van der Waals surface area contributed by atoms with E-state index in [1.54, 1.807) is 13.2 Å². The van der Waals surface area contributed by atoms with Crippen molar-refractivity contribution >= 4 is 23.0 Å². The summed E-state index contributed by atoms with van der Waals surface area (Å²) < 4.78 is 30.4. The average molecular weight is 517 g/mol. The van der Waals surface area contributed by atoms with Crippen molar-refractivity contribution in [3.63, 3.8) is 0 Å². The highest BCUT2D eigenvalue weighted by Crippen LogP contribution is 2.30. The summed E-state index contributed by atoms with van der Waals surface area (Å²) in [6.45, 7) is 4.97. The van der Waals surface area contributed by atoms with Crippen LogP contribution in [0.25, 0.3) is 11.3 Å². The SMILES string of the molecule is COc1cccc(CNC(=O)c2cc(-c3cc(Nc4cc(F)cc(N5CCOCC5)c4)ccc3C)no2)c1. The Morgan fingerprint density at radius 1 is 1.05 bits per heavy atom. The van der Waals surface area contributed by atoms with Gasteiger partial charge in [-0.15, -0.1) is 0 Å². The number of aryl methyl sites for hydroxylation is 1. The van der Waals surface area contributed by atoms with Gasteiger partial charge in [-0.05, 0) is 60.5 Å². The van der Waals surface area contributed by atoms with E-state index < -0.39 is 0 Å². The molecule has 0 radical (unpaired) electrons. The summed E-state index contributed by atoms with van der Waals surface area (Å²) in [5.74, 6) is 0.151. The first-order valence-corrected chi connectivity index (χ1v) is 12.4. The van der Waals surface area contributed by atoms with Crippen LogP contribution >= 0.6 is 0 Å². The number of carbonyl (C=O) groups is 1. The van der Waals surface area contributed by atoms with Crippen molar-refractivity contribution < 1.29 is 23.2 Å². The number of amides is 1. The summed E-state index contributed by atoms with van der Waals surface area (Å²) in [5.41, 5.74) is 5.40. The van der Waals surface area contributed by atoms with Crippen LogP contribution < -0.4 is 20.3 Å². The Morgan fingerprint density at radius 3 is 2.71 bits per heavy atom. The topological polar surface area (TPSA) is 88.9 Å². The molecule has 2 N–H and O–H groups in total. The lowest BCUT2D eigenvalue weighted by molar-refractivity contribution is 0.0914. The summed E-state index contributed by atoms with van der Waals surface area (Å²) in [4.78, 5) is 14.8. The molecule has 0 saturated carbocycles. The maximum atomic E-state index is 14.4. The molecular weight excluding hydrogens is 487 g/mol. The van der Waals surface area contributed by atoms with Crippen molar-refractivity contribution in [3.8, 4) is 17.0 Å². The number of hydrogen-bond donors (Lipinski definition) is 2. The molecule has 1 aromatic heterocycles. The zero-order chi connectivity index (χ0) is 26.5. The third-order valence-electron chi connectivity index (χ3n) is 6.38. The molecule has 0 bridgehead atoms. The largest absolute Gasteiger partial charge is 0.497 e. The number of ether oxygens (including phenoxy) is 2. The van der Waals surface area contributed by atoms with Crippen LogP contribution in [0.1, 0.15) is 21.7 Å². The van der Waals surface area contributed by atoms with Crippen molar-refractivity contribution in [3.05, 3.63) is 89.4 Å². The molecule has 3 aromatic carbocycles. The average Bonchev–Trinajstić information content (AvgIpc) is 3.43. The van der Waals surface area contributed by atoms with Gasteiger partial charge >= 0.3 is 0 Å². The number of anilines is 3. The number of aromatic nitrogens is 1. The summed E-state index contributed by atoms with van der Waals surface area (Å²) >= 11 is 0. The molecule has 1 saturated heterocycles. The first kappa shape index (κ1) is 25.3. The molecule has 9 heteroatoms. The monoisotopic (exact) mass is 516 g/mol. The molecule has 0 aliphatic carbocycles. The van der Waals surface area contributed by atoms with Crippen LogP contribution in [-0.2, 0) is 11.3 Å². The second kappa shape index (κ2) is 11.4. The van der Waals surface area contributed by atoms with E-state index in [2.05, 4.69) is 20.7 Å². The van der Waals surface area contributed by atoms with Gasteiger partial charge < -0.3 is 29.5 Å². The number of benzene rings is 3. The predicted octanol–water partition coefficient (Wildman–Crippen LogP) is 5.31. The van der Waals surface area contributed by atoms with Gasteiger partial charge in [-0.1, -0.05) is 23.4 Å². The molecule has 2 heterocycles. The number of carbonyl (C=O) groups excluding carboxylic acids is 1. The third-order valence-corrected chi connectivity index (χ3v) is 6.38. The van der Waals surface area contributed by atoms with Crippen LogP contribution in [0.5, 0.6) is 5.75 Å². The number of rotatable bonds is 8. The third kappa shape index (κ3) is 5.95. The van der Waals surface area contributed by atoms with Gasteiger partial charge in [-0.25, -0.2) is 4.39 Å². The Labute approximate surface area is 220 Å². The lowest BCUT2D eigenvalue weighted by atomic mass is 10.0. The van der Waals surface area contributed by atoms with Crippen LogP contribution in [-0.4, -0.2) is 44.5 Å². The smallest absolute Gasteiger partial charge is 0.290 e. The summed E-state index contributed by atoms with van der Waals surface area (Å²) in [7, 11) is 1.60. The quantitative estimate of drug-likeness (QED) is 0.328. The molecule has 38 heavy (non-hydrogen) atoms. The second-order valence-corrected chi connectivity index (χ2v) is 9.06. The van der Waals surface area contributed by atoms with Gasteiger partial charge in [0.15, 0.2) is 0 Å². The minimum absolute atomic E-state index is 0.112. The number of morpholine rings is 1. The fourth-order valence-corrected chi connectivity index (χ4v) is 4.35. The number of hydrogen-bond acceptors (Lipinski definition) is 7. The first-order valence-electron chi connectivity index (χ1n) is 12.4. The molecule has 1 aliphatic heterocycles. The van der Waals surface area contributed by atoms with Crippen LogP contribution in [0.4, 0.5) is 21.5 Å². The second-order valence-electron chi connectivity index (χ2n) is 9.06. The molecule has 1 fully saturated rings. The molecule has 0 atom stereocenters. The summed E-state index contributed by atoms with van der Waals surface area (Å²) in [6.07, 6.45) is 0. The zero-order valence-corrected chi connectivity index (χ0v) is 21.3. The van der Waals surface area contributed by atoms with Crippen molar-refractivity contribution in [1.82, 2.24) is 10.5 Å². The highest BCUT2D eigenvalue weighted by atomic mass is 19.1. The standard InChI is InChI=1S/C29H29FN4O4/c1-19-6-7-22(32-23-13-21(30)14-24(15-23)34-8-10-37-11-9-34)16-26(19)27-17-28(38-33-27)29(35)31-18-20-4-3-5-25(12-20)36-2/h3-7,12-17,32H,8-11,18H2,1-2H3,(H,31,35). The zero-order valence-electron chi connectivity index (χ0n) is 21.3. The number of methoxy groups -OCH3 is 1. The number of nitrogens with one attached hydrogen (secondary N) is 2. The molecular formula is C29H29FN4O4. The van der Waals surface area contributed by atoms with Crippen molar-refractivity contribution in [2.45, 2.75) is 13.5 Å². The Kier molecular flexibility index (Phi) is 7.55. The molecule has 4 aromatic rings. The normalized spacial score (nSPS) is 13.3. The van der Waals surface area contributed by atoms with Gasteiger partial charge in [0, 0.05) is 48.3 Å². The fraction of sp³-hybridized carbons (Fsp3) is 0.241. The van der Waals surface area contributed by atoms with E-state index in [9.17, 15) is 9.18 Å². The van der Waals surface area contributed by atoms with Gasteiger partial charge in [-0.2, -0.15) is 0 Å². The minimum Gasteiger partial charge on any atom is -0.497 e. The minimum atomic E-state index is -0.367. The van der Waals surface area contributed by atoms with E-state index >= 15 is 0 Å². The Morgan fingerprint density at radius 2 is 1.89 bits per heavy atom. The van der Waals surface area contributed by atoms with Crippen LogP contribution in [0.3, 0.4) is 0 Å². The first-order chi connectivity index (χ1) is 18.5. The van der Waals surface area contributed by atoms with E-state index in [4.69, 9.17) is 14.0 Å².